The van der Waals surface area contributed by atoms with Crippen molar-refractivity contribution >= 4 is 21.4 Å². The standard InChI is InChI=1S/C23H22O4S/c1-26-16-7-10-20(27-2)19(13-16)23-17-8-5-14(24)11-21(17)28(3,4)22-12-15(25)6-9-18(22)23/h5-13,24H,1-4H3. The third kappa shape index (κ3) is 2.74. The van der Waals surface area contributed by atoms with E-state index in [1.54, 1.807) is 32.4 Å². The third-order valence-corrected chi connectivity index (χ3v) is 8.11. The first kappa shape index (κ1) is 18.4. The van der Waals surface area contributed by atoms with Crippen molar-refractivity contribution in [1.29, 1.82) is 0 Å². The molecule has 4 rings (SSSR count). The molecule has 0 radical (unpaired) electrons. The number of carbonyl (C=O) groups is 1. The number of carbonyl (C=O) groups excluding carboxylic acids is 1. The second kappa shape index (κ2) is 6.60. The number of methoxy groups -OCH3 is 2. The molecule has 144 valence electrons. The van der Waals surface area contributed by atoms with Gasteiger partial charge in [-0.25, -0.2) is 0 Å². The van der Waals surface area contributed by atoms with Crippen LogP contribution in [-0.2, 0) is 4.79 Å². The zero-order valence-corrected chi connectivity index (χ0v) is 17.1. The summed E-state index contributed by atoms with van der Waals surface area (Å²) in [5, 5.41) is 10.2. The monoisotopic (exact) mass is 394 g/mol. The Bertz CT molecular complexity index is 1090. The summed E-state index contributed by atoms with van der Waals surface area (Å²) in [6.45, 7) is 0. The average Bonchev–Trinajstić information content (AvgIpc) is 2.69. The minimum atomic E-state index is -1.48. The van der Waals surface area contributed by atoms with Gasteiger partial charge < -0.3 is 14.6 Å². The molecule has 0 fully saturated rings. The molecule has 1 heterocycles. The second-order valence-corrected chi connectivity index (χ2v) is 10.6. The fourth-order valence-corrected chi connectivity index (χ4v) is 6.34. The molecule has 2 aliphatic rings. The van der Waals surface area contributed by atoms with E-state index in [9.17, 15) is 9.90 Å². The van der Waals surface area contributed by atoms with Crippen LogP contribution in [0.4, 0.5) is 0 Å². The predicted molar refractivity (Wildman–Crippen MR) is 114 cm³/mol. The summed E-state index contributed by atoms with van der Waals surface area (Å²) in [6.07, 6.45) is 9.54. The predicted octanol–water partition coefficient (Wildman–Crippen LogP) is 4.67. The van der Waals surface area contributed by atoms with E-state index >= 15 is 0 Å². The van der Waals surface area contributed by atoms with Crippen molar-refractivity contribution in [3.63, 3.8) is 0 Å². The lowest BCUT2D eigenvalue weighted by Crippen LogP contribution is -2.16. The Balaban J connectivity index is 2.13. The number of benzene rings is 2. The first-order chi connectivity index (χ1) is 13.4. The molecule has 1 N–H and O–H groups in total. The van der Waals surface area contributed by atoms with Gasteiger partial charge in [-0.1, -0.05) is 0 Å². The maximum atomic E-state index is 12.2. The van der Waals surface area contributed by atoms with Crippen LogP contribution in [0.5, 0.6) is 17.2 Å². The van der Waals surface area contributed by atoms with Crippen LogP contribution < -0.4 is 9.47 Å². The minimum absolute atomic E-state index is 0.0140. The smallest absolute Gasteiger partial charge is 0.179 e. The SMILES string of the molecule is COc1ccc(OC)c(C2=C3C=CC(=O)C=C3S(C)(C)c3cc(O)ccc32)c1. The Morgan fingerprint density at radius 3 is 2.43 bits per heavy atom. The summed E-state index contributed by atoms with van der Waals surface area (Å²) in [4.78, 5) is 14.2. The molecular formula is C23H22O4S. The van der Waals surface area contributed by atoms with Crippen molar-refractivity contribution in [3.8, 4) is 17.2 Å². The Morgan fingerprint density at radius 1 is 0.929 bits per heavy atom. The molecule has 1 aliphatic heterocycles. The van der Waals surface area contributed by atoms with E-state index in [4.69, 9.17) is 9.47 Å². The lowest BCUT2D eigenvalue weighted by atomic mass is 9.89. The van der Waals surface area contributed by atoms with Crippen molar-refractivity contribution in [2.24, 2.45) is 0 Å². The first-order valence-corrected chi connectivity index (χ1v) is 11.3. The number of fused-ring (bicyclic) bond motifs is 2. The Labute approximate surface area is 166 Å². The van der Waals surface area contributed by atoms with Crippen LogP contribution in [-0.4, -0.2) is 37.6 Å². The van der Waals surface area contributed by atoms with Gasteiger partial charge in [-0.05, 0) is 78.3 Å². The molecule has 2 aromatic carbocycles. The molecule has 0 spiro atoms. The molecule has 0 saturated carbocycles. The molecule has 0 unspecified atom stereocenters. The highest BCUT2D eigenvalue weighted by Gasteiger charge is 2.36. The topological polar surface area (TPSA) is 55.8 Å². The van der Waals surface area contributed by atoms with Gasteiger partial charge in [0.25, 0.3) is 0 Å². The Morgan fingerprint density at radius 2 is 1.71 bits per heavy atom. The van der Waals surface area contributed by atoms with E-state index in [0.29, 0.717) is 0 Å². The highest BCUT2D eigenvalue weighted by Crippen LogP contribution is 2.66. The molecule has 1 aliphatic carbocycles. The Kier molecular flexibility index (Phi) is 4.35. The number of ether oxygens (including phenoxy) is 2. The molecule has 0 amide bonds. The summed E-state index contributed by atoms with van der Waals surface area (Å²) in [5.74, 6) is 1.65. The van der Waals surface area contributed by atoms with Gasteiger partial charge in [0, 0.05) is 20.9 Å². The lowest BCUT2D eigenvalue weighted by molar-refractivity contribution is -0.110. The summed E-state index contributed by atoms with van der Waals surface area (Å²) >= 11 is 0. The molecule has 0 aromatic heterocycles. The van der Waals surface area contributed by atoms with Gasteiger partial charge in [-0.15, -0.1) is 0 Å². The normalized spacial score (nSPS) is 18.1. The van der Waals surface area contributed by atoms with E-state index < -0.39 is 10.0 Å². The molecule has 0 atom stereocenters. The number of rotatable bonds is 3. The Hall–Kier alpha value is -2.92. The van der Waals surface area contributed by atoms with Crippen molar-refractivity contribution in [2.75, 3.05) is 26.7 Å². The van der Waals surface area contributed by atoms with E-state index in [1.807, 2.05) is 36.4 Å². The minimum Gasteiger partial charge on any atom is -0.508 e. The van der Waals surface area contributed by atoms with Crippen LogP contribution in [0.15, 0.2) is 70.0 Å². The van der Waals surface area contributed by atoms with E-state index in [-0.39, 0.29) is 11.5 Å². The quantitative estimate of drug-likeness (QED) is 0.822. The fourth-order valence-electron chi connectivity index (χ4n) is 3.83. The van der Waals surface area contributed by atoms with Crippen LogP contribution >= 0.6 is 10.0 Å². The van der Waals surface area contributed by atoms with Gasteiger partial charge in [-0.2, -0.15) is 10.0 Å². The van der Waals surface area contributed by atoms with Crippen molar-refractivity contribution in [1.82, 2.24) is 0 Å². The van der Waals surface area contributed by atoms with Crippen molar-refractivity contribution in [2.45, 2.75) is 4.90 Å². The average molecular weight is 394 g/mol. The van der Waals surface area contributed by atoms with Crippen LogP contribution in [0, 0.1) is 0 Å². The zero-order chi connectivity index (χ0) is 20.1. The van der Waals surface area contributed by atoms with E-state index in [0.717, 1.165) is 43.6 Å². The molecule has 0 bridgehead atoms. The van der Waals surface area contributed by atoms with E-state index in [2.05, 4.69) is 12.5 Å². The lowest BCUT2D eigenvalue weighted by Gasteiger charge is -2.43. The number of hydrogen-bond acceptors (Lipinski definition) is 4. The molecular weight excluding hydrogens is 372 g/mol. The van der Waals surface area contributed by atoms with Crippen LogP contribution in [0.25, 0.3) is 5.57 Å². The molecule has 2 aromatic rings. The van der Waals surface area contributed by atoms with Gasteiger partial charge >= 0.3 is 0 Å². The molecule has 0 saturated heterocycles. The number of phenols is 1. The third-order valence-electron chi connectivity index (χ3n) is 5.23. The van der Waals surface area contributed by atoms with Gasteiger partial charge in [0.1, 0.15) is 17.2 Å². The number of aromatic hydroxyl groups is 1. The van der Waals surface area contributed by atoms with Gasteiger partial charge in [0.15, 0.2) is 5.78 Å². The summed E-state index contributed by atoms with van der Waals surface area (Å²) in [6, 6.07) is 11.2. The summed E-state index contributed by atoms with van der Waals surface area (Å²) < 4.78 is 11.1. The van der Waals surface area contributed by atoms with E-state index in [1.165, 1.54) is 0 Å². The van der Waals surface area contributed by atoms with Crippen molar-refractivity contribution < 1.29 is 19.4 Å². The number of hydrogen-bond donors (Lipinski definition) is 1. The van der Waals surface area contributed by atoms with Crippen LogP contribution in [0.3, 0.4) is 0 Å². The van der Waals surface area contributed by atoms with Crippen molar-refractivity contribution in [3.05, 3.63) is 76.2 Å². The molecule has 5 heteroatoms. The number of allylic oxidation sites excluding steroid dienone is 4. The van der Waals surface area contributed by atoms with Gasteiger partial charge in [-0.3, -0.25) is 4.79 Å². The highest BCUT2D eigenvalue weighted by atomic mass is 32.3. The maximum Gasteiger partial charge on any atom is 0.179 e. The fraction of sp³-hybridized carbons (Fsp3) is 0.174. The molecule has 4 nitrogen and oxygen atoms in total. The summed E-state index contributed by atoms with van der Waals surface area (Å²) in [5.41, 5.74) is 3.93. The van der Waals surface area contributed by atoms with Gasteiger partial charge in [0.2, 0.25) is 0 Å². The second-order valence-electron chi connectivity index (χ2n) is 7.11. The maximum absolute atomic E-state index is 12.2. The van der Waals surface area contributed by atoms with Crippen LogP contribution in [0.2, 0.25) is 0 Å². The number of ketones is 1. The largest absolute Gasteiger partial charge is 0.508 e. The molecule has 28 heavy (non-hydrogen) atoms. The number of phenolic OH excluding ortho intramolecular Hbond substituents is 1. The van der Waals surface area contributed by atoms with Gasteiger partial charge in [0.05, 0.1) is 14.2 Å². The first-order valence-electron chi connectivity index (χ1n) is 8.84. The zero-order valence-electron chi connectivity index (χ0n) is 16.3. The highest BCUT2D eigenvalue weighted by molar-refractivity contribution is 8.36. The van der Waals surface area contributed by atoms with Crippen LogP contribution in [0.1, 0.15) is 11.1 Å². The summed E-state index contributed by atoms with van der Waals surface area (Å²) in [7, 11) is 1.80.